The molecule has 1 N–H and O–H groups in total. The molecular weight excluding hydrogens is 406 g/mol. The van der Waals surface area contributed by atoms with Crippen LogP contribution in [0.4, 0.5) is 0 Å². The average molecular weight is 431 g/mol. The number of amides is 1. The molecular formula is C25H25N3O4. The molecule has 0 aliphatic rings. The zero-order chi connectivity index (χ0) is 22.5. The average Bonchev–Trinajstić information content (AvgIpc) is 3.26. The summed E-state index contributed by atoms with van der Waals surface area (Å²) in [7, 11) is 1.64. The van der Waals surface area contributed by atoms with Gasteiger partial charge in [0, 0.05) is 40.7 Å². The first-order valence-electron chi connectivity index (χ1n) is 10.4. The smallest absolute Gasteiger partial charge is 0.273 e. The van der Waals surface area contributed by atoms with Gasteiger partial charge >= 0.3 is 0 Å². The van der Waals surface area contributed by atoms with Crippen LogP contribution in [0, 0.1) is 6.92 Å². The number of nitrogens with zero attached hydrogens (tertiary/aromatic N) is 2. The first-order valence-corrected chi connectivity index (χ1v) is 10.4. The normalized spacial score (nSPS) is 11.8. The number of aromatic nitrogens is 2. The number of nitrogens with one attached hydrogen (secondary N) is 1. The van der Waals surface area contributed by atoms with E-state index in [-0.39, 0.29) is 24.2 Å². The minimum Gasteiger partial charge on any atom is -0.496 e. The number of pyridine rings is 1. The molecule has 0 saturated carbocycles. The van der Waals surface area contributed by atoms with Gasteiger partial charge in [-0.1, -0.05) is 35.5 Å². The predicted octanol–water partition coefficient (Wildman–Crippen LogP) is 4.48. The van der Waals surface area contributed by atoms with E-state index in [9.17, 15) is 4.79 Å². The number of methoxy groups -OCH3 is 1. The number of hydrogen-bond acceptors (Lipinski definition) is 6. The molecule has 7 heteroatoms. The second-order valence-electron chi connectivity index (χ2n) is 7.63. The Morgan fingerprint density at radius 3 is 2.56 bits per heavy atom. The number of carbonyl (C=O) groups excluding carboxylic acids is 1. The van der Waals surface area contributed by atoms with Gasteiger partial charge in [0.2, 0.25) is 0 Å². The van der Waals surface area contributed by atoms with Crippen LogP contribution in [0.3, 0.4) is 0 Å². The van der Waals surface area contributed by atoms with Crippen molar-refractivity contribution in [1.82, 2.24) is 15.5 Å². The Morgan fingerprint density at radius 1 is 1.06 bits per heavy atom. The second-order valence-corrected chi connectivity index (χ2v) is 7.63. The van der Waals surface area contributed by atoms with Crippen LogP contribution < -0.4 is 14.8 Å². The highest BCUT2D eigenvalue weighted by molar-refractivity contribution is 5.93. The number of rotatable bonds is 8. The van der Waals surface area contributed by atoms with Crippen molar-refractivity contribution >= 4 is 16.7 Å². The van der Waals surface area contributed by atoms with Crippen molar-refractivity contribution in [3.8, 4) is 11.5 Å². The Morgan fingerprint density at radius 2 is 1.81 bits per heavy atom. The van der Waals surface area contributed by atoms with E-state index in [4.69, 9.17) is 14.0 Å². The van der Waals surface area contributed by atoms with E-state index >= 15 is 0 Å². The van der Waals surface area contributed by atoms with Crippen LogP contribution in [0.5, 0.6) is 11.5 Å². The molecule has 32 heavy (non-hydrogen) atoms. The summed E-state index contributed by atoms with van der Waals surface area (Å²) in [6.07, 6.45) is 0.631. The van der Waals surface area contributed by atoms with Crippen LogP contribution in [-0.2, 0) is 13.0 Å². The summed E-state index contributed by atoms with van der Waals surface area (Å²) in [5.74, 6) is 1.64. The monoisotopic (exact) mass is 431 g/mol. The van der Waals surface area contributed by atoms with E-state index in [1.54, 1.807) is 13.2 Å². The fourth-order valence-electron chi connectivity index (χ4n) is 3.56. The number of ether oxygens (including phenoxy) is 2. The van der Waals surface area contributed by atoms with Crippen LogP contribution >= 0.6 is 0 Å². The lowest BCUT2D eigenvalue weighted by Crippen LogP contribution is -2.34. The van der Waals surface area contributed by atoms with E-state index in [1.807, 2.05) is 68.4 Å². The molecule has 4 aromatic rings. The molecule has 0 fully saturated rings. The lowest BCUT2D eigenvalue weighted by molar-refractivity contribution is 0.0930. The molecule has 7 nitrogen and oxygen atoms in total. The Hall–Kier alpha value is -3.87. The number of fused-ring (bicyclic) bond motifs is 1. The molecule has 0 aliphatic heterocycles. The molecule has 0 aliphatic carbocycles. The van der Waals surface area contributed by atoms with Gasteiger partial charge in [0.25, 0.3) is 5.91 Å². The van der Waals surface area contributed by atoms with E-state index in [0.29, 0.717) is 17.9 Å². The molecule has 2 heterocycles. The minimum atomic E-state index is -0.296. The molecule has 0 unspecified atom stereocenters. The number of carbonyl (C=O) groups is 1. The third kappa shape index (κ3) is 4.88. The predicted molar refractivity (Wildman–Crippen MR) is 121 cm³/mol. The topological polar surface area (TPSA) is 86.5 Å². The summed E-state index contributed by atoms with van der Waals surface area (Å²) in [5, 5.41) is 8.72. The van der Waals surface area contributed by atoms with Crippen LogP contribution in [-0.4, -0.2) is 29.2 Å². The zero-order valence-corrected chi connectivity index (χ0v) is 18.3. The Balaban J connectivity index is 1.38. The summed E-state index contributed by atoms with van der Waals surface area (Å²) >= 11 is 0. The number of aryl methyl sites for hydroxylation is 1. The van der Waals surface area contributed by atoms with Gasteiger partial charge in [-0.3, -0.25) is 9.78 Å². The number of hydrogen-bond donors (Lipinski definition) is 1. The van der Waals surface area contributed by atoms with E-state index < -0.39 is 0 Å². The molecule has 1 atom stereocenters. The van der Waals surface area contributed by atoms with Crippen molar-refractivity contribution in [2.24, 2.45) is 0 Å². The third-order valence-corrected chi connectivity index (χ3v) is 5.06. The molecule has 0 radical (unpaired) electrons. The van der Waals surface area contributed by atoms with Crippen molar-refractivity contribution in [1.29, 1.82) is 0 Å². The van der Waals surface area contributed by atoms with Crippen LogP contribution in [0.15, 0.2) is 65.2 Å². The molecule has 1 amide bonds. The largest absolute Gasteiger partial charge is 0.496 e. The summed E-state index contributed by atoms with van der Waals surface area (Å²) in [5.41, 5.74) is 2.10. The van der Waals surface area contributed by atoms with Gasteiger partial charge in [-0.2, -0.15) is 0 Å². The molecule has 2 aromatic carbocycles. The molecule has 0 saturated heterocycles. The highest BCUT2D eigenvalue weighted by Gasteiger charge is 2.16. The summed E-state index contributed by atoms with van der Waals surface area (Å²) in [6.45, 7) is 4.03. The minimum absolute atomic E-state index is 0.0983. The Bertz CT molecular complexity index is 1230. The van der Waals surface area contributed by atoms with Crippen LogP contribution in [0.25, 0.3) is 10.8 Å². The fourth-order valence-corrected chi connectivity index (χ4v) is 3.56. The van der Waals surface area contributed by atoms with Crippen molar-refractivity contribution < 1.29 is 18.8 Å². The first kappa shape index (κ1) is 21.4. The van der Waals surface area contributed by atoms with Crippen molar-refractivity contribution in [2.45, 2.75) is 32.9 Å². The lowest BCUT2D eigenvalue weighted by Gasteiger charge is -2.12. The van der Waals surface area contributed by atoms with Crippen LogP contribution in [0.2, 0.25) is 0 Å². The van der Waals surface area contributed by atoms with Crippen molar-refractivity contribution in [3.05, 3.63) is 83.5 Å². The van der Waals surface area contributed by atoms with Crippen molar-refractivity contribution in [2.75, 3.05) is 7.11 Å². The van der Waals surface area contributed by atoms with Gasteiger partial charge in [-0.05, 0) is 38.1 Å². The molecule has 0 bridgehead atoms. The maximum absolute atomic E-state index is 12.5. The van der Waals surface area contributed by atoms with E-state index in [1.165, 1.54) is 0 Å². The van der Waals surface area contributed by atoms with Gasteiger partial charge in [-0.25, -0.2) is 0 Å². The second kappa shape index (κ2) is 9.51. The summed E-state index contributed by atoms with van der Waals surface area (Å²) in [4.78, 5) is 17.0. The van der Waals surface area contributed by atoms with E-state index in [0.717, 1.165) is 27.9 Å². The molecule has 0 spiro atoms. The maximum atomic E-state index is 12.5. The van der Waals surface area contributed by atoms with Crippen LogP contribution in [0.1, 0.15) is 34.6 Å². The van der Waals surface area contributed by atoms with Gasteiger partial charge in [0.05, 0.1) is 7.11 Å². The van der Waals surface area contributed by atoms with Gasteiger partial charge in [0.1, 0.15) is 18.1 Å². The third-order valence-electron chi connectivity index (χ3n) is 5.06. The maximum Gasteiger partial charge on any atom is 0.273 e. The van der Waals surface area contributed by atoms with Crippen molar-refractivity contribution in [3.63, 3.8) is 0 Å². The highest BCUT2D eigenvalue weighted by Crippen LogP contribution is 2.33. The Labute approximate surface area is 186 Å². The Kier molecular flexibility index (Phi) is 6.35. The van der Waals surface area contributed by atoms with E-state index in [2.05, 4.69) is 15.5 Å². The first-order chi connectivity index (χ1) is 15.5. The molecule has 4 rings (SSSR count). The summed E-state index contributed by atoms with van der Waals surface area (Å²) in [6, 6.07) is 18.9. The van der Waals surface area contributed by atoms with Gasteiger partial charge < -0.3 is 19.3 Å². The van der Waals surface area contributed by atoms with Gasteiger partial charge in [-0.15, -0.1) is 0 Å². The van der Waals surface area contributed by atoms with Gasteiger partial charge in [0.15, 0.2) is 11.5 Å². The lowest BCUT2D eigenvalue weighted by atomic mass is 10.1. The SMILES string of the molecule is COc1ccc(OCc2cc(C(=O)N[C@@H](C)Cc3cccc(C)n3)no2)c2ccccc12. The fraction of sp³-hybridized carbons (Fsp3) is 0.240. The summed E-state index contributed by atoms with van der Waals surface area (Å²) < 4.78 is 16.7. The molecule has 164 valence electrons. The zero-order valence-electron chi connectivity index (χ0n) is 18.3. The quantitative estimate of drug-likeness (QED) is 0.443. The molecule has 2 aromatic heterocycles. The standard InChI is InChI=1S/C25H25N3O4/c1-16-7-6-8-18(26-16)13-17(2)27-25(29)22-14-19(32-28-22)15-31-24-12-11-23(30-3)20-9-4-5-10-21(20)24/h4-12,14,17H,13,15H2,1-3H3,(H,27,29)/t17-/m0/s1. The highest BCUT2D eigenvalue weighted by atomic mass is 16.5. The number of benzene rings is 2.